The van der Waals surface area contributed by atoms with Crippen molar-refractivity contribution >= 4 is 23.2 Å². The maximum atomic E-state index is 12.2. The van der Waals surface area contributed by atoms with Gasteiger partial charge in [0, 0.05) is 30.3 Å². The van der Waals surface area contributed by atoms with Gasteiger partial charge in [0.1, 0.15) is 0 Å². The summed E-state index contributed by atoms with van der Waals surface area (Å²) in [6.45, 7) is 0.798. The Kier molecular flexibility index (Phi) is 4.23. The highest BCUT2D eigenvalue weighted by molar-refractivity contribution is 5.96. The van der Waals surface area contributed by atoms with E-state index in [2.05, 4.69) is 5.32 Å². The van der Waals surface area contributed by atoms with Gasteiger partial charge in [0.05, 0.1) is 0 Å². The molecule has 1 aliphatic heterocycles. The Morgan fingerprint density at radius 2 is 1.76 bits per heavy atom. The van der Waals surface area contributed by atoms with E-state index in [4.69, 9.17) is 0 Å². The Labute approximate surface area is 125 Å². The summed E-state index contributed by atoms with van der Waals surface area (Å²) in [6.07, 6.45) is 7.15. The van der Waals surface area contributed by atoms with Gasteiger partial charge in [0.15, 0.2) is 0 Å². The molecule has 4 nitrogen and oxygen atoms in total. The van der Waals surface area contributed by atoms with Crippen LogP contribution in [0.25, 0.3) is 0 Å². The first-order valence-corrected chi connectivity index (χ1v) is 7.95. The SMILES string of the molecule is O=C(Nc1ccc(N2CCCC2=O)cc1)C1CCCCC1. The molecule has 4 heteroatoms. The molecule has 0 aromatic heterocycles. The van der Waals surface area contributed by atoms with Crippen molar-refractivity contribution in [2.24, 2.45) is 5.92 Å². The standard InChI is InChI=1S/C17H22N2O2/c20-16-7-4-12-19(16)15-10-8-14(9-11-15)18-17(21)13-5-2-1-3-6-13/h8-11,13H,1-7,12H2,(H,18,21). The van der Waals surface area contributed by atoms with Gasteiger partial charge in [0.25, 0.3) is 0 Å². The lowest BCUT2D eigenvalue weighted by molar-refractivity contribution is -0.120. The van der Waals surface area contributed by atoms with Gasteiger partial charge < -0.3 is 10.2 Å². The van der Waals surface area contributed by atoms with E-state index in [0.29, 0.717) is 6.42 Å². The van der Waals surface area contributed by atoms with Crippen LogP contribution in [0.2, 0.25) is 0 Å². The maximum absolute atomic E-state index is 12.2. The first-order valence-electron chi connectivity index (χ1n) is 7.95. The summed E-state index contributed by atoms with van der Waals surface area (Å²) in [7, 11) is 0. The monoisotopic (exact) mass is 286 g/mol. The fourth-order valence-electron chi connectivity index (χ4n) is 3.25. The first-order chi connectivity index (χ1) is 10.2. The third kappa shape index (κ3) is 3.26. The fraction of sp³-hybridized carbons (Fsp3) is 0.529. The van der Waals surface area contributed by atoms with E-state index in [1.807, 2.05) is 29.2 Å². The number of hydrogen-bond donors (Lipinski definition) is 1. The summed E-state index contributed by atoms with van der Waals surface area (Å²) in [4.78, 5) is 25.7. The minimum absolute atomic E-state index is 0.139. The summed E-state index contributed by atoms with van der Waals surface area (Å²) in [6, 6.07) is 7.61. The number of amides is 2. The number of carbonyl (C=O) groups is 2. The van der Waals surface area contributed by atoms with Crippen LogP contribution >= 0.6 is 0 Å². The predicted octanol–water partition coefficient (Wildman–Crippen LogP) is 3.33. The van der Waals surface area contributed by atoms with Crippen LogP contribution in [0.3, 0.4) is 0 Å². The van der Waals surface area contributed by atoms with Crippen molar-refractivity contribution in [3.8, 4) is 0 Å². The molecule has 0 spiro atoms. The average molecular weight is 286 g/mol. The molecule has 112 valence electrons. The second-order valence-corrected chi connectivity index (χ2v) is 6.02. The van der Waals surface area contributed by atoms with Crippen molar-refractivity contribution < 1.29 is 9.59 Å². The van der Waals surface area contributed by atoms with E-state index >= 15 is 0 Å². The molecule has 2 fully saturated rings. The molecular formula is C17H22N2O2. The highest BCUT2D eigenvalue weighted by Gasteiger charge is 2.22. The van der Waals surface area contributed by atoms with Crippen LogP contribution < -0.4 is 10.2 Å². The molecule has 0 atom stereocenters. The Morgan fingerprint density at radius 3 is 2.38 bits per heavy atom. The number of benzene rings is 1. The van der Waals surface area contributed by atoms with E-state index in [1.165, 1.54) is 6.42 Å². The number of rotatable bonds is 3. The van der Waals surface area contributed by atoms with Crippen LogP contribution in [0.4, 0.5) is 11.4 Å². The van der Waals surface area contributed by atoms with E-state index in [-0.39, 0.29) is 17.7 Å². The highest BCUT2D eigenvalue weighted by atomic mass is 16.2. The van der Waals surface area contributed by atoms with Crippen molar-refractivity contribution in [1.82, 2.24) is 0 Å². The number of anilines is 2. The minimum Gasteiger partial charge on any atom is -0.326 e. The highest BCUT2D eigenvalue weighted by Crippen LogP contribution is 2.26. The molecule has 0 radical (unpaired) electrons. The fourth-order valence-corrected chi connectivity index (χ4v) is 3.25. The van der Waals surface area contributed by atoms with Crippen LogP contribution in [0, 0.1) is 5.92 Å². The summed E-state index contributed by atoms with van der Waals surface area (Å²) in [5, 5.41) is 3.00. The Balaban J connectivity index is 1.61. The average Bonchev–Trinajstić information content (AvgIpc) is 2.95. The lowest BCUT2D eigenvalue weighted by Crippen LogP contribution is -2.25. The van der Waals surface area contributed by atoms with Crippen LogP contribution in [0.1, 0.15) is 44.9 Å². The molecule has 1 N–H and O–H groups in total. The van der Waals surface area contributed by atoms with Crippen LogP contribution in [0.5, 0.6) is 0 Å². The summed E-state index contributed by atoms with van der Waals surface area (Å²) >= 11 is 0. The first kappa shape index (κ1) is 14.1. The van der Waals surface area contributed by atoms with E-state index in [0.717, 1.165) is 50.0 Å². The van der Waals surface area contributed by atoms with Gasteiger partial charge in [-0.05, 0) is 43.5 Å². The van der Waals surface area contributed by atoms with Crippen molar-refractivity contribution in [2.45, 2.75) is 44.9 Å². The smallest absolute Gasteiger partial charge is 0.227 e. The predicted molar refractivity (Wildman–Crippen MR) is 83.2 cm³/mol. The maximum Gasteiger partial charge on any atom is 0.227 e. The Morgan fingerprint density at radius 1 is 1.05 bits per heavy atom. The Hall–Kier alpha value is -1.84. The van der Waals surface area contributed by atoms with Gasteiger partial charge >= 0.3 is 0 Å². The second-order valence-electron chi connectivity index (χ2n) is 6.02. The van der Waals surface area contributed by atoms with E-state index in [1.54, 1.807) is 0 Å². The van der Waals surface area contributed by atoms with Gasteiger partial charge in [-0.2, -0.15) is 0 Å². The summed E-state index contributed by atoms with van der Waals surface area (Å²) in [5.74, 6) is 0.493. The molecule has 1 saturated heterocycles. The van der Waals surface area contributed by atoms with E-state index in [9.17, 15) is 9.59 Å². The molecule has 0 unspecified atom stereocenters. The third-order valence-electron chi connectivity index (χ3n) is 4.50. The molecule has 21 heavy (non-hydrogen) atoms. The molecule has 0 bridgehead atoms. The van der Waals surface area contributed by atoms with Gasteiger partial charge in [-0.15, -0.1) is 0 Å². The lowest BCUT2D eigenvalue weighted by Gasteiger charge is -2.21. The quantitative estimate of drug-likeness (QED) is 0.926. The topological polar surface area (TPSA) is 49.4 Å². The summed E-state index contributed by atoms with van der Waals surface area (Å²) in [5.41, 5.74) is 1.74. The van der Waals surface area contributed by atoms with Gasteiger partial charge in [-0.25, -0.2) is 0 Å². The molecule has 2 amide bonds. The van der Waals surface area contributed by atoms with Crippen molar-refractivity contribution in [1.29, 1.82) is 0 Å². The van der Waals surface area contributed by atoms with Crippen molar-refractivity contribution in [3.05, 3.63) is 24.3 Å². The Bertz CT molecular complexity index is 518. The zero-order chi connectivity index (χ0) is 14.7. The molecule has 1 saturated carbocycles. The molecular weight excluding hydrogens is 264 g/mol. The summed E-state index contributed by atoms with van der Waals surface area (Å²) < 4.78 is 0. The lowest BCUT2D eigenvalue weighted by atomic mass is 9.88. The minimum atomic E-state index is 0.139. The number of hydrogen-bond acceptors (Lipinski definition) is 2. The zero-order valence-electron chi connectivity index (χ0n) is 12.3. The van der Waals surface area contributed by atoms with Gasteiger partial charge in [0.2, 0.25) is 11.8 Å². The number of nitrogens with one attached hydrogen (secondary N) is 1. The molecule has 1 aromatic rings. The molecule has 1 aliphatic carbocycles. The van der Waals surface area contributed by atoms with Crippen LogP contribution in [-0.4, -0.2) is 18.4 Å². The van der Waals surface area contributed by atoms with E-state index < -0.39 is 0 Å². The molecule has 2 aliphatic rings. The van der Waals surface area contributed by atoms with Gasteiger partial charge in [-0.3, -0.25) is 9.59 Å². The second kappa shape index (κ2) is 6.29. The number of nitrogens with zero attached hydrogens (tertiary/aromatic N) is 1. The van der Waals surface area contributed by atoms with Crippen LogP contribution in [0.15, 0.2) is 24.3 Å². The normalized spacial score (nSPS) is 19.8. The molecule has 1 aromatic carbocycles. The van der Waals surface area contributed by atoms with Crippen LogP contribution in [-0.2, 0) is 9.59 Å². The zero-order valence-corrected chi connectivity index (χ0v) is 12.3. The number of carbonyl (C=O) groups excluding carboxylic acids is 2. The van der Waals surface area contributed by atoms with Crippen molar-refractivity contribution in [2.75, 3.05) is 16.8 Å². The molecule has 1 heterocycles. The molecule has 3 rings (SSSR count). The third-order valence-corrected chi connectivity index (χ3v) is 4.50. The largest absolute Gasteiger partial charge is 0.326 e. The van der Waals surface area contributed by atoms with Crippen molar-refractivity contribution in [3.63, 3.8) is 0 Å². The van der Waals surface area contributed by atoms with Gasteiger partial charge in [-0.1, -0.05) is 19.3 Å².